The molecule has 98 valence electrons. The standard InChI is InChI=1S/C13H16ClFN2O/c1-8-4-11(14)10(5-12(8)15)13(18)17-7-9-2-3-16-6-9/h4-5,9,16H,2-3,6-7H2,1H3,(H,17,18). The second kappa shape index (κ2) is 5.67. The first-order valence-corrected chi connectivity index (χ1v) is 6.40. The Morgan fingerprint density at radius 3 is 3.06 bits per heavy atom. The number of rotatable bonds is 3. The zero-order valence-electron chi connectivity index (χ0n) is 10.2. The van der Waals surface area contributed by atoms with Crippen LogP contribution in [0, 0.1) is 18.7 Å². The highest BCUT2D eigenvalue weighted by molar-refractivity contribution is 6.33. The van der Waals surface area contributed by atoms with Crippen molar-refractivity contribution in [3.8, 4) is 0 Å². The highest BCUT2D eigenvalue weighted by Crippen LogP contribution is 2.20. The van der Waals surface area contributed by atoms with Gasteiger partial charge in [0, 0.05) is 6.54 Å². The van der Waals surface area contributed by atoms with Gasteiger partial charge in [0.2, 0.25) is 0 Å². The van der Waals surface area contributed by atoms with E-state index in [0.717, 1.165) is 19.5 Å². The van der Waals surface area contributed by atoms with Gasteiger partial charge in [-0.3, -0.25) is 4.79 Å². The van der Waals surface area contributed by atoms with E-state index in [4.69, 9.17) is 11.6 Å². The molecule has 2 N–H and O–H groups in total. The molecule has 1 aliphatic heterocycles. The van der Waals surface area contributed by atoms with Crippen LogP contribution in [0.3, 0.4) is 0 Å². The molecule has 1 fully saturated rings. The number of benzene rings is 1. The van der Waals surface area contributed by atoms with Gasteiger partial charge in [-0.15, -0.1) is 0 Å². The Hall–Kier alpha value is -1.13. The van der Waals surface area contributed by atoms with Crippen molar-refractivity contribution in [1.29, 1.82) is 0 Å². The normalized spacial score (nSPS) is 18.9. The molecule has 0 aromatic heterocycles. The first-order valence-electron chi connectivity index (χ1n) is 6.02. The Kier molecular flexibility index (Phi) is 4.19. The molecule has 1 atom stereocenters. The first-order chi connectivity index (χ1) is 8.58. The molecule has 1 saturated heterocycles. The van der Waals surface area contributed by atoms with Gasteiger partial charge >= 0.3 is 0 Å². The Labute approximate surface area is 111 Å². The van der Waals surface area contributed by atoms with E-state index < -0.39 is 5.82 Å². The summed E-state index contributed by atoms with van der Waals surface area (Å²) in [6.45, 7) is 4.11. The van der Waals surface area contributed by atoms with Gasteiger partial charge in [0.25, 0.3) is 5.91 Å². The third-order valence-corrected chi connectivity index (χ3v) is 3.52. The summed E-state index contributed by atoms with van der Waals surface area (Å²) >= 11 is 5.95. The molecule has 1 heterocycles. The topological polar surface area (TPSA) is 41.1 Å². The van der Waals surface area contributed by atoms with Crippen molar-refractivity contribution < 1.29 is 9.18 Å². The van der Waals surface area contributed by atoms with E-state index in [1.807, 2.05) is 0 Å². The van der Waals surface area contributed by atoms with E-state index in [9.17, 15) is 9.18 Å². The number of amides is 1. The number of halogens is 2. The SMILES string of the molecule is Cc1cc(Cl)c(C(=O)NCC2CCNC2)cc1F. The molecular weight excluding hydrogens is 255 g/mol. The predicted octanol–water partition coefficient (Wildman–Crippen LogP) is 2.13. The van der Waals surface area contributed by atoms with Gasteiger partial charge in [-0.05, 0) is 50.0 Å². The van der Waals surface area contributed by atoms with Gasteiger partial charge in [-0.25, -0.2) is 4.39 Å². The number of hydrogen-bond acceptors (Lipinski definition) is 2. The zero-order valence-corrected chi connectivity index (χ0v) is 11.0. The third-order valence-electron chi connectivity index (χ3n) is 3.21. The minimum atomic E-state index is -0.410. The van der Waals surface area contributed by atoms with E-state index in [1.165, 1.54) is 12.1 Å². The molecule has 1 aromatic carbocycles. The molecular formula is C13H16ClFN2O. The number of aryl methyl sites for hydroxylation is 1. The third kappa shape index (κ3) is 3.00. The fourth-order valence-electron chi connectivity index (χ4n) is 2.04. The molecule has 18 heavy (non-hydrogen) atoms. The smallest absolute Gasteiger partial charge is 0.252 e. The Balaban J connectivity index is 2.01. The van der Waals surface area contributed by atoms with E-state index in [1.54, 1.807) is 6.92 Å². The quantitative estimate of drug-likeness (QED) is 0.883. The minimum Gasteiger partial charge on any atom is -0.352 e. The van der Waals surface area contributed by atoms with Crippen LogP contribution in [0.4, 0.5) is 4.39 Å². The first kappa shape index (κ1) is 13.3. The zero-order chi connectivity index (χ0) is 13.1. The van der Waals surface area contributed by atoms with Crippen molar-refractivity contribution in [1.82, 2.24) is 10.6 Å². The summed E-state index contributed by atoms with van der Waals surface area (Å²) in [6.07, 6.45) is 1.05. The Bertz CT molecular complexity index is 459. The molecule has 1 aliphatic rings. The van der Waals surface area contributed by atoms with Crippen LogP contribution in [-0.2, 0) is 0 Å². The predicted molar refractivity (Wildman–Crippen MR) is 69.5 cm³/mol. The van der Waals surface area contributed by atoms with Crippen LogP contribution < -0.4 is 10.6 Å². The van der Waals surface area contributed by atoms with Crippen molar-refractivity contribution in [3.05, 3.63) is 34.1 Å². The lowest BCUT2D eigenvalue weighted by atomic mass is 10.1. The molecule has 0 spiro atoms. The Morgan fingerprint density at radius 2 is 2.39 bits per heavy atom. The van der Waals surface area contributed by atoms with Gasteiger partial charge in [0.15, 0.2) is 0 Å². The summed E-state index contributed by atoms with van der Waals surface area (Å²) in [6, 6.07) is 2.67. The molecule has 0 bridgehead atoms. The number of carbonyl (C=O) groups excluding carboxylic acids is 1. The second-order valence-corrected chi connectivity index (χ2v) is 5.06. The van der Waals surface area contributed by atoms with E-state index in [0.29, 0.717) is 18.0 Å². The molecule has 1 amide bonds. The Morgan fingerprint density at radius 1 is 1.61 bits per heavy atom. The van der Waals surface area contributed by atoms with E-state index in [-0.39, 0.29) is 16.5 Å². The van der Waals surface area contributed by atoms with Gasteiger partial charge in [0.1, 0.15) is 5.82 Å². The number of carbonyl (C=O) groups is 1. The second-order valence-electron chi connectivity index (χ2n) is 4.65. The number of nitrogens with one attached hydrogen (secondary N) is 2. The van der Waals surface area contributed by atoms with E-state index in [2.05, 4.69) is 10.6 Å². The minimum absolute atomic E-state index is 0.200. The van der Waals surface area contributed by atoms with Crippen molar-refractivity contribution in [2.75, 3.05) is 19.6 Å². The lowest BCUT2D eigenvalue weighted by Crippen LogP contribution is -2.30. The van der Waals surface area contributed by atoms with Crippen LogP contribution in [0.2, 0.25) is 5.02 Å². The van der Waals surface area contributed by atoms with Crippen molar-refractivity contribution in [2.45, 2.75) is 13.3 Å². The van der Waals surface area contributed by atoms with Crippen LogP contribution in [0.25, 0.3) is 0 Å². The van der Waals surface area contributed by atoms with Crippen LogP contribution in [0.1, 0.15) is 22.3 Å². The van der Waals surface area contributed by atoms with Crippen molar-refractivity contribution >= 4 is 17.5 Å². The van der Waals surface area contributed by atoms with Crippen molar-refractivity contribution in [3.63, 3.8) is 0 Å². The highest BCUT2D eigenvalue weighted by atomic mass is 35.5. The molecule has 1 unspecified atom stereocenters. The molecule has 0 aliphatic carbocycles. The molecule has 1 aromatic rings. The van der Waals surface area contributed by atoms with Crippen molar-refractivity contribution in [2.24, 2.45) is 5.92 Å². The van der Waals surface area contributed by atoms with Gasteiger partial charge in [-0.2, -0.15) is 0 Å². The average molecular weight is 271 g/mol. The molecule has 5 heteroatoms. The van der Waals surface area contributed by atoms with Crippen LogP contribution >= 0.6 is 11.6 Å². The van der Waals surface area contributed by atoms with Crippen LogP contribution in [-0.4, -0.2) is 25.5 Å². The molecule has 0 saturated carbocycles. The maximum atomic E-state index is 13.4. The molecule has 0 radical (unpaired) electrons. The van der Waals surface area contributed by atoms with E-state index >= 15 is 0 Å². The maximum absolute atomic E-state index is 13.4. The fraction of sp³-hybridized carbons (Fsp3) is 0.462. The average Bonchev–Trinajstić information content (AvgIpc) is 2.84. The largest absolute Gasteiger partial charge is 0.352 e. The van der Waals surface area contributed by atoms with Crippen LogP contribution in [0.15, 0.2) is 12.1 Å². The lowest BCUT2D eigenvalue weighted by Gasteiger charge is -2.11. The summed E-state index contributed by atoms with van der Waals surface area (Å²) in [5, 5.41) is 6.31. The van der Waals surface area contributed by atoms with Gasteiger partial charge in [0.05, 0.1) is 10.6 Å². The van der Waals surface area contributed by atoms with Crippen LogP contribution in [0.5, 0.6) is 0 Å². The van der Waals surface area contributed by atoms with Gasteiger partial charge < -0.3 is 10.6 Å². The summed E-state index contributed by atoms with van der Waals surface area (Å²) in [5.74, 6) is -0.277. The summed E-state index contributed by atoms with van der Waals surface area (Å²) in [5.41, 5.74) is 0.641. The lowest BCUT2D eigenvalue weighted by molar-refractivity contribution is 0.0948. The monoisotopic (exact) mass is 270 g/mol. The molecule has 2 rings (SSSR count). The fourth-order valence-corrected chi connectivity index (χ4v) is 2.35. The van der Waals surface area contributed by atoms with Gasteiger partial charge in [-0.1, -0.05) is 11.6 Å². The summed E-state index contributed by atoms with van der Waals surface area (Å²) in [4.78, 5) is 11.9. The molecule has 3 nitrogen and oxygen atoms in total. The summed E-state index contributed by atoms with van der Waals surface area (Å²) in [7, 11) is 0. The number of hydrogen-bond donors (Lipinski definition) is 2. The maximum Gasteiger partial charge on any atom is 0.252 e. The highest BCUT2D eigenvalue weighted by Gasteiger charge is 2.17. The summed E-state index contributed by atoms with van der Waals surface area (Å²) < 4.78 is 13.4.